The van der Waals surface area contributed by atoms with E-state index in [1.807, 2.05) is 6.07 Å². The minimum atomic E-state index is -1.06. The second-order valence-corrected chi connectivity index (χ2v) is 5.61. The van der Waals surface area contributed by atoms with Gasteiger partial charge in [0.1, 0.15) is 5.92 Å². The van der Waals surface area contributed by atoms with Gasteiger partial charge in [0, 0.05) is 17.5 Å². The van der Waals surface area contributed by atoms with E-state index in [1.165, 1.54) is 6.07 Å². The van der Waals surface area contributed by atoms with Crippen molar-refractivity contribution in [1.29, 1.82) is 0 Å². The fourth-order valence-electron chi connectivity index (χ4n) is 2.73. The van der Waals surface area contributed by atoms with Crippen LogP contribution in [0.3, 0.4) is 0 Å². The zero-order chi connectivity index (χ0) is 18.0. The van der Waals surface area contributed by atoms with Gasteiger partial charge in [0.2, 0.25) is 5.91 Å². The average Bonchev–Trinajstić information content (AvgIpc) is 2.58. The first kappa shape index (κ1) is 16.6. The van der Waals surface area contributed by atoms with Crippen LogP contribution in [0.4, 0.5) is 19.3 Å². The first-order valence-corrected chi connectivity index (χ1v) is 7.53. The molecule has 0 unspecified atom stereocenters. The molecule has 3 N–H and O–H groups in total. The Morgan fingerprint density at radius 2 is 1.80 bits per heavy atom. The van der Waals surface area contributed by atoms with Crippen LogP contribution in [0.5, 0.6) is 0 Å². The van der Waals surface area contributed by atoms with E-state index in [1.54, 1.807) is 24.3 Å². The van der Waals surface area contributed by atoms with E-state index in [0.29, 0.717) is 0 Å². The number of carbonyl (C=O) groups is 2. The first-order chi connectivity index (χ1) is 12.0. The van der Waals surface area contributed by atoms with Crippen LogP contribution in [0.15, 0.2) is 60.8 Å². The van der Waals surface area contributed by atoms with Crippen molar-refractivity contribution in [2.24, 2.45) is 5.92 Å². The molecule has 0 spiro atoms. The lowest BCUT2D eigenvalue weighted by Crippen LogP contribution is -2.51. The quantitative estimate of drug-likeness (QED) is 0.801. The largest absolute Gasteiger partial charge is 0.330 e. The third-order valence-corrected chi connectivity index (χ3v) is 3.90. The molecule has 1 saturated heterocycles. The molecule has 2 aromatic rings. The van der Waals surface area contributed by atoms with E-state index in [2.05, 4.69) is 22.5 Å². The van der Waals surface area contributed by atoms with Gasteiger partial charge in [-0.15, -0.1) is 0 Å². The lowest BCUT2D eigenvalue weighted by atomic mass is 9.88. The molecule has 0 saturated carbocycles. The number of hydrogen-bond acceptors (Lipinski definition) is 2. The van der Waals surface area contributed by atoms with Gasteiger partial charge in [-0.1, -0.05) is 36.9 Å². The number of anilines is 1. The molecule has 3 amide bonds. The number of urea groups is 1. The summed E-state index contributed by atoms with van der Waals surface area (Å²) in [6, 6.07) is 10.9. The Bertz CT molecular complexity index is 839. The standard InChI is InChI=1S/C18H15F2N3O2/c1-10-15(17(24)22-12-7-8-13(19)14(20)9-12)16(23-18(25)21-10)11-5-3-2-4-6-11/h2-9,15-16H,1H2,(H,22,24)(H2,21,23,25)/t15-,16-/m1/s1. The second-order valence-electron chi connectivity index (χ2n) is 5.61. The summed E-state index contributed by atoms with van der Waals surface area (Å²) in [7, 11) is 0. The number of carbonyl (C=O) groups excluding carboxylic acids is 2. The molecule has 0 bridgehead atoms. The van der Waals surface area contributed by atoms with Gasteiger partial charge in [0.05, 0.1) is 6.04 Å². The first-order valence-electron chi connectivity index (χ1n) is 7.53. The van der Waals surface area contributed by atoms with E-state index >= 15 is 0 Å². The number of benzene rings is 2. The van der Waals surface area contributed by atoms with Gasteiger partial charge >= 0.3 is 6.03 Å². The molecule has 2 atom stereocenters. The van der Waals surface area contributed by atoms with Crippen molar-refractivity contribution in [2.45, 2.75) is 6.04 Å². The van der Waals surface area contributed by atoms with Crippen molar-refractivity contribution in [3.05, 3.63) is 78.0 Å². The van der Waals surface area contributed by atoms with Gasteiger partial charge in [-0.2, -0.15) is 0 Å². The zero-order valence-corrected chi connectivity index (χ0v) is 13.1. The molecule has 5 nitrogen and oxygen atoms in total. The molecule has 1 fully saturated rings. The van der Waals surface area contributed by atoms with Crippen LogP contribution in [0.25, 0.3) is 0 Å². The zero-order valence-electron chi connectivity index (χ0n) is 13.1. The molecule has 3 rings (SSSR count). The van der Waals surface area contributed by atoms with E-state index < -0.39 is 35.5 Å². The molecule has 1 aliphatic heterocycles. The van der Waals surface area contributed by atoms with Crippen LogP contribution >= 0.6 is 0 Å². The molecule has 0 aliphatic carbocycles. The maximum Gasteiger partial charge on any atom is 0.319 e. The smallest absolute Gasteiger partial charge is 0.319 e. The summed E-state index contributed by atoms with van der Waals surface area (Å²) < 4.78 is 26.3. The Morgan fingerprint density at radius 1 is 1.08 bits per heavy atom. The summed E-state index contributed by atoms with van der Waals surface area (Å²) in [5, 5.41) is 7.70. The molecule has 1 heterocycles. The monoisotopic (exact) mass is 343 g/mol. The Balaban J connectivity index is 1.88. The molecular formula is C18H15F2N3O2. The number of nitrogens with one attached hydrogen (secondary N) is 3. The number of hydrogen-bond donors (Lipinski definition) is 3. The predicted octanol–water partition coefficient (Wildman–Crippen LogP) is 3.09. The fraction of sp³-hybridized carbons (Fsp3) is 0.111. The topological polar surface area (TPSA) is 70.2 Å². The molecule has 0 aromatic heterocycles. The number of halogens is 2. The van der Waals surface area contributed by atoms with Crippen molar-refractivity contribution in [2.75, 3.05) is 5.32 Å². The summed E-state index contributed by atoms with van der Waals surface area (Å²) in [4.78, 5) is 24.4. The molecule has 1 aliphatic rings. The van der Waals surface area contributed by atoms with Crippen molar-refractivity contribution in [1.82, 2.24) is 10.6 Å². The Hall–Kier alpha value is -3.22. The molecule has 7 heteroatoms. The summed E-state index contributed by atoms with van der Waals surface area (Å²) in [5.41, 5.74) is 1.06. The van der Waals surface area contributed by atoms with Crippen molar-refractivity contribution < 1.29 is 18.4 Å². The van der Waals surface area contributed by atoms with Crippen molar-refractivity contribution in [3.63, 3.8) is 0 Å². The summed E-state index contributed by atoms with van der Waals surface area (Å²) in [6.45, 7) is 3.75. The van der Waals surface area contributed by atoms with Crippen molar-refractivity contribution in [3.8, 4) is 0 Å². The van der Waals surface area contributed by atoms with Crippen molar-refractivity contribution >= 4 is 17.6 Å². The summed E-state index contributed by atoms with van der Waals surface area (Å²) in [5.74, 6) is -3.40. The highest BCUT2D eigenvalue weighted by Crippen LogP contribution is 2.30. The Labute approximate surface area is 142 Å². The van der Waals surface area contributed by atoms with Gasteiger partial charge in [-0.05, 0) is 17.7 Å². The van der Waals surface area contributed by atoms with Gasteiger partial charge in [0.15, 0.2) is 11.6 Å². The highest BCUT2D eigenvalue weighted by atomic mass is 19.2. The fourth-order valence-corrected chi connectivity index (χ4v) is 2.73. The lowest BCUT2D eigenvalue weighted by Gasteiger charge is -2.33. The number of amides is 3. The van der Waals surface area contributed by atoms with E-state index in [0.717, 1.165) is 17.7 Å². The molecular weight excluding hydrogens is 328 g/mol. The van der Waals surface area contributed by atoms with Crippen LogP contribution in [0.1, 0.15) is 11.6 Å². The summed E-state index contributed by atoms with van der Waals surface area (Å²) in [6.07, 6.45) is 0. The van der Waals surface area contributed by atoms with E-state index in [9.17, 15) is 18.4 Å². The minimum Gasteiger partial charge on any atom is -0.330 e. The Morgan fingerprint density at radius 3 is 2.48 bits per heavy atom. The van der Waals surface area contributed by atoms with Crippen LogP contribution in [0.2, 0.25) is 0 Å². The van der Waals surface area contributed by atoms with Gasteiger partial charge < -0.3 is 16.0 Å². The third-order valence-electron chi connectivity index (χ3n) is 3.90. The SMILES string of the molecule is C=C1NC(=O)N[C@H](c2ccccc2)[C@@H]1C(=O)Nc1ccc(F)c(F)c1. The van der Waals surface area contributed by atoms with Crippen LogP contribution in [-0.2, 0) is 4.79 Å². The maximum absolute atomic E-state index is 13.3. The van der Waals surface area contributed by atoms with E-state index in [4.69, 9.17) is 0 Å². The molecule has 128 valence electrons. The van der Waals surface area contributed by atoms with Gasteiger partial charge in [-0.3, -0.25) is 4.79 Å². The maximum atomic E-state index is 13.3. The predicted molar refractivity (Wildman–Crippen MR) is 88.5 cm³/mol. The Kier molecular flexibility index (Phi) is 4.47. The number of rotatable bonds is 3. The molecule has 0 radical (unpaired) electrons. The van der Waals surface area contributed by atoms with Gasteiger partial charge in [-0.25, -0.2) is 13.6 Å². The van der Waals surface area contributed by atoms with E-state index in [-0.39, 0.29) is 11.4 Å². The highest BCUT2D eigenvalue weighted by Gasteiger charge is 2.37. The van der Waals surface area contributed by atoms with Crippen LogP contribution in [-0.4, -0.2) is 11.9 Å². The van der Waals surface area contributed by atoms with Crippen LogP contribution in [0, 0.1) is 17.6 Å². The third kappa shape index (κ3) is 3.50. The minimum absolute atomic E-state index is 0.111. The highest BCUT2D eigenvalue weighted by molar-refractivity contribution is 5.97. The lowest BCUT2D eigenvalue weighted by molar-refractivity contribution is -0.119. The van der Waals surface area contributed by atoms with Gasteiger partial charge in [0.25, 0.3) is 0 Å². The molecule has 25 heavy (non-hydrogen) atoms. The summed E-state index contributed by atoms with van der Waals surface area (Å²) >= 11 is 0. The molecule has 2 aromatic carbocycles. The second kappa shape index (κ2) is 6.72. The normalized spacial score (nSPS) is 19.8. The van der Waals surface area contributed by atoms with Crippen LogP contribution < -0.4 is 16.0 Å². The average molecular weight is 343 g/mol.